The van der Waals surface area contributed by atoms with Crippen LogP contribution in [0.1, 0.15) is 0 Å². The lowest BCUT2D eigenvalue weighted by Crippen LogP contribution is -2.21. The minimum atomic E-state index is -4.29. The zero-order valence-corrected chi connectivity index (χ0v) is 7.08. The Morgan fingerprint density at radius 2 is 1.85 bits per heavy atom. The zero-order chi connectivity index (χ0) is 10.1. The van der Waals surface area contributed by atoms with Gasteiger partial charge in [0.05, 0.1) is 0 Å². The van der Waals surface area contributed by atoms with Gasteiger partial charge in [-0.2, -0.15) is 18.6 Å². The van der Waals surface area contributed by atoms with Gasteiger partial charge in [0.2, 0.25) is 0 Å². The summed E-state index contributed by atoms with van der Waals surface area (Å²) in [5, 5.41) is 0. The second-order valence-electron chi connectivity index (χ2n) is 2.16. The van der Waals surface area contributed by atoms with Crippen molar-refractivity contribution < 1.29 is 22.3 Å². The van der Waals surface area contributed by atoms with E-state index in [9.17, 15) is 18.0 Å². The van der Waals surface area contributed by atoms with E-state index in [4.69, 9.17) is 0 Å². The van der Waals surface area contributed by atoms with Gasteiger partial charge >= 0.3 is 10.1 Å². The van der Waals surface area contributed by atoms with Crippen LogP contribution >= 0.6 is 0 Å². The minimum Gasteiger partial charge on any atom is -0.290 e. The molecule has 0 saturated heterocycles. The number of hydrogen-bond acceptors (Lipinski definition) is 6. The van der Waals surface area contributed by atoms with Crippen molar-refractivity contribution in [2.45, 2.75) is 0 Å². The Morgan fingerprint density at radius 1 is 1.23 bits per heavy atom. The summed E-state index contributed by atoms with van der Waals surface area (Å²) in [6.07, 6.45) is 2.45. The molecule has 0 heterocycles. The van der Waals surface area contributed by atoms with E-state index in [0.29, 0.717) is 6.08 Å². The van der Waals surface area contributed by atoms with Crippen molar-refractivity contribution in [3.05, 3.63) is 23.1 Å². The minimum absolute atomic E-state index is 0.602. The molecule has 0 saturated carbocycles. The molecule has 0 spiro atoms. The molecule has 0 aliphatic heterocycles. The van der Waals surface area contributed by atoms with Gasteiger partial charge in [-0.05, 0) is 12.2 Å². The molecular weight excluding hydrogens is 198 g/mol. The highest BCUT2D eigenvalue weighted by Crippen LogP contribution is 2.12. The lowest BCUT2D eigenvalue weighted by molar-refractivity contribution is -0.114. The molecular formula is C6H5NO5S. The maximum absolute atomic E-state index is 10.9. The van der Waals surface area contributed by atoms with E-state index in [1.165, 1.54) is 0 Å². The second-order valence-corrected chi connectivity index (χ2v) is 3.70. The average molecular weight is 203 g/mol. The Balaban J connectivity index is 3.20. The van der Waals surface area contributed by atoms with Crippen molar-refractivity contribution in [3.63, 3.8) is 0 Å². The molecule has 0 atom stereocenters. The van der Waals surface area contributed by atoms with Gasteiger partial charge in [0.15, 0.2) is 11.6 Å². The fourth-order valence-electron chi connectivity index (χ4n) is 0.736. The second kappa shape index (κ2) is 3.21. The Kier molecular flexibility index (Phi) is 2.41. The number of carbonyl (C=O) groups excluding carboxylic acids is 2. The van der Waals surface area contributed by atoms with Crippen molar-refractivity contribution in [2.75, 3.05) is 0 Å². The smallest absolute Gasteiger partial charge is 0.290 e. The van der Waals surface area contributed by atoms with Crippen LogP contribution in [0.2, 0.25) is 0 Å². The maximum atomic E-state index is 10.9. The van der Waals surface area contributed by atoms with Gasteiger partial charge < -0.3 is 0 Å². The molecule has 0 aromatic carbocycles. The number of carbonyl (C=O) groups is 2. The molecule has 70 valence electrons. The van der Waals surface area contributed by atoms with E-state index >= 15 is 0 Å². The van der Waals surface area contributed by atoms with E-state index in [2.05, 4.69) is 10.2 Å². The predicted molar refractivity (Wildman–Crippen MR) is 41.4 cm³/mol. The molecule has 2 N–H and O–H groups in total. The molecule has 0 aromatic rings. The van der Waals surface area contributed by atoms with Crippen molar-refractivity contribution in [2.24, 2.45) is 5.90 Å². The SMILES string of the molecule is NOS(=O)(=O)C1=CC(=O)C=CC1=O. The third-order valence-corrected chi connectivity index (χ3v) is 2.42. The molecule has 1 aliphatic carbocycles. The molecule has 13 heavy (non-hydrogen) atoms. The molecule has 1 aliphatic rings. The summed E-state index contributed by atoms with van der Waals surface area (Å²) in [6.45, 7) is 0. The monoisotopic (exact) mass is 203 g/mol. The van der Waals surface area contributed by atoms with E-state index in [1.807, 2.05) is 0 Å². The zero-order valence-electron chi connectivity index (χ0n) is 6.26. The summed E-state index contributed by atoms with van der Waals surface area (Å²) in [6, 6.07) is 0. The summed E-state index contributed by atoms with van der Waals surface area (Å²) in [5.74, 6) is 3.00. The van der Waals surface area contributed by atoms with Crippen LogP contribution in [0.4, 0.5) is 0 Å². The summed E-state index contributed by atoms with van der Waals surface area (Å²) in [4.78, 5) is 20.9. The molecule has 6 nitrogen and oxygen atoms in total. The third-order valence-electron chi connectivity index (χ3n) is 1.31. The van der Waals surface area contributed by atoms with Crippen LogP contribution < -0.4 is 5.90 Å². The Labute approximate surface area is 73.7 Å². The Morgan fingerprint density at radius 3 is 2.38 bits per heavy atom. The molecule has 0 amide bonds. The van der Waals surface area contributed by atoms with Crippen molar-refractivity contribution in [1.82, 2.24) is 0 Å². The molecule has 1 rings (SSSR count). The summed E-state index contributed by atoms with van der Waals surface area (Å²) < 4.78 is 25.4. The number of nitrogens with two attached hydrogens (primary N) is 1. The number of rotatable bonds is 2. The lowest BCUT2D eigenvalue weighted by atomic mass is 10.2. The molecule has 0 aromatic heterocycles. The van der Waals surface area contributed by atoms with E-state index in [-0.39, 0.29) is 0 Å². The van der Waals surface area contributed by atoms with Crippen molar-refractivity contribution >= 4 is 21.7 Å². The summed E-state index contributed by atoms with van der Waals surface area (Å²) >= 11 is 0. The summed E-state index contributed by atoms with van der Waals surface area (Å²) in [5.41, 5.74) is 0. The van der Waals surface area contributed by atoms with Crippen LogP contribution in [0.5, 0.6) is 0 Å². The van der Waals surface area contributed by atoms with Crippen LogP contribution in [0.15, 0.2) is 23.1 Å². The van der Waals surface area contributed by atoms with Gasteiger partial charge in [-0.25, -0.2) is 0 Å². The molecule has 0 radical (unpaired) electrons. The van der Waals surface area contributed by atoms with Crippen LogP contribution in [0.25, 0.3) is 0 Å². The number of hydrogen-bond donors (Lipinski definition) is 1. The van der Waals surface area contributed by atoms with Crippen LogP contribution in [-0.2, 0) is 24.0 Å². The van der Waals surface area contributed by atoms with Crippen LogP contribution in [0.3, 0.4) is 0 Å². The van der Waals surface area contributed by atoms with Crippen molar-refractivity contribution in [1.29, 1.82) is 0 Å². The average Bonchev–Trinajstić information content (AvgIpc) is 2.09. The first-order chi connectivity index (χ1) is 5.97. The van der Waals surface area contributed by atoms with E-state index in [0.717, 1.165) is 12.2 Å². The highest BCUT2D eigenvalue weighted by Gasteiger charge is 2.26. The van der Waals surface area contributed by atoms with E-state index < -0.39 is 26.6 Å². The molecule has 7 heteroatoms. The van der Waals surface area contributed by atoms with Gasteiger partial charge in [0.25, 0.3) is 0 Å². The fourth-order valence-corrected chi connectivity index (χ4v) is 1.41. The lowest BCUT2D eigenvalue weighted by Gasteiger charge is -2.04. The third kappa shape index (κ3) is 1.89. The van der Waals surface area contributed by atoms with Crippen molar-refractivity contribution in [3.8, 4) is 0 Å². The van der Waals surface area contributed by atoms with Gasteiger partial charge in [-0.3, -0.25) is 9.59 Å². The Bertz CT molecular complexity index is 416. The highest BCUT2D eigenvalue weighted by atomic mass is 32.2. The molecule has 0 bridgehead atoms. The van der Waals surface area contributed by atoms with Gasteiger partial charge in [0, 0.05) is 6.08 Å². The first-order valence-corrected chi connectivity index (χ1v) is 4.49. The normalized spacial score (nSPS) is 17.5. The van der Waals surface area contributed by atoms with Gasteiger partial charge in [0.1, 0.15) is 4.91 Å². The van der Waals surface area contributed by atoms with Gasteiger partial charge in [-0.1, -0.05) is 0 Å². The molecule has 0 unspecified atom stereocenters. The molecule has 0 fully saturated rings. The fraction of sp³-hybridized carbons (Fsp3) is 0. The Hall–Kier alpha value is -1.31. The quantitative estimate of drug-likeness (QED) is 0.446. The van der Waals surface area contributed by atoms with E-state index in [1.54, 1.807) is 0 Å². The highest BCUT2D eigenvalue weighted by molar-refractivity contribution is 7.91. The van der Waals surface area contributed by atoms with Crippen LogP contribution in [0, 0.1) is 0 Å². The number of ketones is 2. The maximum Gasteiger partial charge on any atom is 0.316 e. The first-order valence-electron chi connectivity index (χ1n) is 3.09. The largest absolute Gasteiger partial charge is 0.316 e. The topological polar surface area (TPSA) is 104 Å². The van der Waals surface area contributed by atoms with Crippen LogP contribution in [-0.4, -0.2) is 20.0 Å². The first kappa shape index (κ1) is 9.78. The summed E-state index contributed by atoms with van der Waals surface area (Å²) in [7, 11) is -4.29. The van der Waals surface area contributed by atoms with Gasteiger partial charge in [-0.15, -0.1) is 0 Å². The predicted octanol–water partition coefficient (Wildman–Crippen LogP) is -1.20. The number of allylic oxidation sites excluding steroid dienone is 4. The standard InChI is InChI=1S/C6H5NO5S/c7-12-13(10,11)6-3-4(8)1-2-5(6)9/h1-3H,7H2.